The monoisotopic (exact) mass is 296 g/mol. The molecule has 3 aromatic rings. The number of fused-ring (bicyclic) bond motifs is 1. The number of nitrogens with one attached hydrogen (secondary N) is 1. The molecule has 0 aliphatic heterocycles. The maximum Gasteiger partial charge on any atom is 0.0709 e. The third kappa shape index (κ3) is 3.41. The van der Waals surface area contributed by atoms with E-state index in [-0.39, 0.29) is 5.38 Å². The number of halogens is 1. The molecule has 0 radical (unpaired) electrons. The summed E-state index contributed by atoms with van der Waals surface area (Å²) < 4.78 is 0. The zero-order chi connectivity index (χ0) is 14.5. The molecule has 1 aromatic heterocycles. The molecule has 2 aromatic carbocycles. The van der Waals surface area contributed by atoms with Gasteiger partial charge >= 0.3 is 0 Å². The van der Waals surface area contributed by atoms with Gasteiger partial charge in [0.15, 0.2) is 0 Å². The largest absolute Gasteiger partial charge is 0.311 e. The van der Waals surface area contributed by atoms with E-state index in [0.29, 0.717) is 0 Å². The highest BCUT2D eigenvalue weighted by atomic mass is 35.5. The molecule has 0 bridgehead atoms. The fraction of sp³-hybridized carbons (Fsp3) is 0.167. The van der Waals surface area contributed by atoms with Gasteiger partial charge in [-0.1, -0.05) is 48.5 Å². The van der Waals surface area contributed by atoms with Gasteiger partial charge in [0.2, 0.25) is 0 Å². The zero-order valence-corrected chi connectivity index (χ0v) is 12.4. The van der Waals surface area contributed by atoms with Crippen LogP contribution in [0.1, 0.15) is 16.5 Å². The highest BCUT2D eigenvalue weighted by Crippen LogP contribution is 2.20. The first-order chi connectivity index (χ1) is 10.3. The number of rotatable bonds is 5. The number of aromatic nitrogens is 1. The second-order valence-electron chi connectivity index (χ2n) is 5.00. The Bertz CT molecular complexity index is 707. The van der Waals surface area contributed by atoms with Crippen molar-refractivity contribution in [3.8, 4) is 0 Å². The molecule has 1 unspecified atom stereocenters. The lowest BCUT2D eigenvalue weighted by Gasteiger charge is -2.12. The predicted molar refractivity (Wildman–Crippen MR) is 88.5 cm³/mol. The summed E-state index contributed by atoms with van der Waals surface area (Å²) in [6, 6.07) is 20.4. The standard InChI is InChI=1S/C18H17ClN2/c19-17(14-6-2-1-3-7-14)13-20-12-15-10-11-21-18-9-5-4-8-16(15)18/h1-11,17,20H,12-13H2. The van der Waals surface area contributed by atoms with Gasteiger partial charge in [0.25, 0.3) is 0 Å². The van der Waals surface area contributed by atoms with Crippen LogP contribution in [0.4, 0.5) is 0 Å². The minimum absolute atomic E-state index is 0.0145. The van der Waals surface area contributed by atoms with Crippen LogP contribution in [0, 0.1) is 0 Å². The lowest BCUT2D eigenvalue weighted by molar-refractivity contribution is 0.677. The highest BCUT2D eigenvalue weighted by molar-refractivity contribution is 6.21. The first kappa shape index (κ1) is 14.1. The first-order valence-corrected chi connectivity index (χ1v) is 7.50. The summed E-state index contributed by atoms with van der Waals surface area (Å²) in [7, 11) is 0. The van der Waals surface area contributed by atoms with Crippen molar-refractivity contribution in [1.29, 1.82) is 0 Å². The van der Waals surface area contributed by atoms with Crippen LogP contribution in [-0.4, -0.2) is 11.5 Å². The van der Waals surface area contributed by atoms with Crippen LogP contribution in [0.25, 0.3) is 10.9 Å². The van der Waals surface area contributed by atoms with Crippen LogP contribution < -0.4 is 5.32 Å². The minimum Gasteiger partial charge on any atom is -0.311 e. The lowest BCUT2D eigenvalue weighted by Crippen LogP contribution is -2.18. The molecule has 0 spiro atoms. The maximum atomic E-state index is 6.42. The van der Waals surface area contributed by atoms with Crippen LogP contribution in [0.5, 0.6) is 0 Å². The van der Waals surface area contributed by atoms with E-state index in [2.05, 4.69) is 34.6 Å². The molecule has 0 fully saturated rings. The van der Waals surface area contributed by atoms with Crippen molar-refractivity contribution in [3.63, 3.8) is 0 Å². The molecule has 3 heteroatoms. The van der Waals surface area contributed by atoms with Gasteiger partial charge in [0, 0.05) is 24.7 Å². The smallest absolute Gasteiger partial charge is 0.0709 e. The molecule has 0 aliphatic rings. The maximum absolute atomic E-state index is 6.42. The average molecular weight is 297 g/mol. The lowest BCUT2D eigenvalue weighted by atomic mass is 10.1. The van der Waals surface area contributed by atoms with E-state index in [4.69, 9.17) is 11.6 Å². The van der Waals surface area contributed by atoms with E-state index >= 15 is 0 Å². The van der Waals surface area contributed by atoms with Crippen LogP contribution in [-0.2, 0) is 6.54 Å². The molecule has 0 amide bonds. The second kappa shape index (κ2) is 6.70. The zero-order valence-electron chi connectivity index (χ0n) is 11.7. The first-order valence-electron chi connectivity index (χ1n) is 7.07. The predicted octanol–water partition coefficient (Wildman–Crippen LogP) is 4.30. The van der Waals surface area contributed by atoms with Crippen molar-refractivity contribution in [3.05, 3.63) is 78.0 Å². The molecule has 2 nitrogen and oxygen atoms in total. The summed E-state index contributed by atoms with van der Waals surface area (Å²) in [6.45, 7) is 1.53. The Morgan fingerprint density at radius 3 is 2.57 bits per heavy atom. The third-order valence-electron chi connectivity index (χ3n) is 3.54. The van der Waals surface area contributed by atoms with Crippen molar-refractivity contribution in [2.45, 2.75) is 11.9 Å². The van der Waals surface area contributed by atoms with Crippen molar-refractivity contribution >= 4 is 22.5 Å². The molecule has 0 aliphatic carbocycles. The Labute approximate surface area is 129 Å². The number of benzene rings is 2. The summed E-state index contributed by atoms with van der Waals surface area (Å²) in [5, 5.41) is 4.61. The summed E-state index contributed by atoms with van der Waals surface area (Å²) in [4.78, 5) is 4.38. The van der Waals surface area contributed by atoms with E-state index in [0.717, 1.165) is 24.2 Å². The van der Waals surface area contributed by atoms with E-state index in [1.807, 2.05) is 42.6 Å². The molecular weight excluding hydrogens is 280 g/mol. The number of hydrogen-bond donors (Lipinski definition) is 1. The third-order valence-corrected chi connectivity index (χ3v) is 3.95. The fourth-order valence-electron chi connectivity index (χ4n) is 2.42. The molecule has 1 heterocycles. The van der Waals surface area contributed by atoms with E-state index in [1.165, 1.54) is 10.9 Å². The van der Waals surface area contributed by atoms with Crippen LogP contribution in [0.3, 0.4) is 0 Å². The fourth-order valence-corrected chi connectivity index (χ4v) is 2.68. The van der Waals surface area contributed by atoms with Gasteiger partial charge in [-0.3, -0.25) is 4.98 Å². The quantitative estimate of drug-likeness (QED) is 0.710. The van der Waals surface area contributed by atoms with Crippen molar-refractivity contribution in [2.24, 2.45) is 0 Å². The summed E-state index contributed by atoms with van der Waals surface area (Å²) in [6.07, 6.45) is 1.86. The molecule has 1 atom stereocenters. The van der Waals surface area contributed by atoms with Gasteiger partial charge in [0.1, 0.15) is 0 Å². The molecule has 0 saturated heterocycles. The van der Waals surface area contributed by atoms with Crippen molar-refractivity contribution in [1.82, 2.24) is 10.3 Å². The van der Waals surface area contributed by atoms with E-state index < -0.39 is 0 Å². The van der Waals surface area contributed by atoms with Crippen LogP contribution in [0.2, 0.25) is 0 Å². The Morgan fingerprint density at radius 1 is 0.952 bits per heavy atom. The minimum atomic E-state index is -0.0145. The summed E-state index contributed by atoms with van der Waals surface area (Å²) in [5.74, 6) is 0. The van der Waals surface area contributed by atoms with Crippen LogP contribution in [0.15, 0.2) is 66.9 Å². The molecule has 0 saturated carbocycles. The molecule has 1 N–H and O–H groups in total. The van der Waals surface area contributed by atoms with Gasteiger partial charge in [-0.15, -0.1) is 11.6 Å². The molecule has 21 heavy (non-hydrogen) atoms. The SMILES string of the molecule is ClC(CNCc1ccnc2ccccc12)c1ccccc1. The van der Waals surface area contributed by atoms with Gasteiger partial charge < -0.3 is 5.32 Å². The number of hydrogen-bond acceptors (Lipinski definition) is 2. The van der Waals surface area contributed by atoms with Gasteiger partial charge in [0.05, 0.1) is 10.9 Å². The molecule has 106 valence electrons. The Kier molecular flexibility index (Phi) is 4.49. The Hall–Kier alpha value is -1.90. The van der Waals surface area contributed by atoms with Gasteiger partial charge in [-0.05, 0) is 23.3 Å². The average Bonchev–Trinajstić information content (AvgIpc) is 2.56. The Balaban J connectivity index is 1.65. The van der Waals surface area contributed by atoms with E-state index in [9.17, 15) is 0 Å². The highest BCUT2D eigenvalue weighted by Gasteiger charge is 2.07. The summed E-state index contributed by atoms with van der Waals surface area (Å²) in [5.41, 5.74) is 3.42. The topological polar surface area (TPSA) is 24.9 Å². The van der Waals surface area contributed by atoms with Crippen molar-refractivity contribution < 1.29 is 0 Å². The number of para-hydroxylation sites is 1. The van der Waals surface area contributed by atoms with Gasteiger partial charge in [-0.2, -0.15) is 0 Å². The molecule has 3 rings (SSSR count). The number of alkyl halides is 1. The normalized spacial score (nSPS) is 12.4. The number of nitrogens with zero attached hydrogens (tertiary/aromatic N) is 1. The second-order valence-corrected chi connectivity index (χ2v) is 5.52. The van der Waals surface area contributed by atoms with Crippen molar-refractivity contribution in [2.75, 3.05) is 6.54 Å². The molecular formula is C18H17ClN2. The summed E-state index contributed by atoms with van der Waals surface area (Å²) >= 11 is 6.42. The number of pyridine rings is 1. The van der Waals surface area contributed by atoms with Gasteiger partial charge in [-0.25, -0.2) is 0 Å². The van der Waals surface area contributed by atoms with Crippen LogP contribution >= 0.6 is 11.6 Å². The Morgan fingerprint density at radius 2 is 1.71 bits per heavy atom. The van der Waals surface area contributed by atoms with E-state index in [1.54, 1.807) is 0 Å².